The van der Waals surface area contributed by atoms with Gasteiger partial charge in [-0.1, -0.05) is 23.0 Å². The number of hydrogen-bond donors (Lipinski definition) is 0. The SMILES string of the molecule is CCc1nnsc1C(=O)N1CCN(C(=O)c2cc(Cl)ccc2F)CC1. The van der Waals surface area contributed by atoms with Crippen molar-refractivity contribution in [1.29, 1.82) is 0 Å². The van der Waals surface area contributed by atoms with Crippen LogP contribution in [0.1, 0.15) is 32.6 Å². The molecule has 6 nitrogen and oxygen atoms in total. The zero-order valence-electron chi connectivity index (χ0n) is 13.5. The number of piperazine rings is 1. The topological polar surface area (TPSA) is 66.4 Å². The summed E-state index contributed by atoms with van der Waals surface area (Å²) in [5.74, 6) is -1.13. The summed E-state index contributed by atoms with van der Waals surface area (Å²) in [6.45, 7) is 3.36. The van der Waals surface area contributed by atoms with Gasteiger partial charge in [-0.25, -0.2) is 4.39 Å². The molecule has 0 N–H and O–H groups in total. The summed E-state index contributed by atoms with van der Waals surface area (Å²) in [7, 11) is 0. The zero-order valence-corrected chi connectivity index (χ0v) is 15.1. The molecule has 2 heterocycles. The van der Waals surface area contributed by atoms with Crippen LogP contribution in [0.2, 0.25) is 5.02 Å². The Morgan fingerprint density at radius 1 is 1.20 bits per heavy atom. The Kier molecular flexibility index (Phi) is 5.29. The van der Waals surface area contributed by atoms with Gasteiger partial charge in [0.2, 0.25) is 0 Å². The standard InChI is InChI=1S/C16H16ClFN4O2S/c1-2-13-14(25-20-19-13)16(24)22-7-5-21(6-8-22)15(23)11-9-10(17)3-4-12(11)18/h3-4,9H,2,5-8H2,1H3. The molecular weight excluding hydrogens is 367 g/mol. The highest BCUT2D eigenvalue weighted by Crippen LogP contribution is 2.19. The van der Waals surface area contributed by atoms with Gasteiger partial charge in [0.25, 0.3) is 11.8 Å². The molecule has 0 spiro atoms. The predicted molar refractivity (Wildman–Crippen MR) is 92.5 cm³/mol. The molecule has 1 aliphatic rings. The van der Waals surface area contributed by atoms with E-state index in [0.717, 1.165) is 11.5 Å². The second-order valence-corrected chi connectivity index (χ2v) is 6.80. The molecular formula is C16H16ClFN4O2S. The van der Waals surface area contributed by atoms with E-state index in [2.05, 4.69) is 9.59 Å². The maximum absolute atomic E-state index is 13.9. The second-order valence-electron chi connectivity index (χ2n) is 5.61. The highest BCUT2D eigenvalue weighted by Gasteiger charge is 2.28. The molecule has 0 radical (unpaired) electrons. The van der Waals surface area contributed by atoms with Crippen LogP contribution in [0.25, 0.3) is 0 Å². The first-order valence-corrected chi connectivity index (χ1v) is 9.01. The number of benzene rings is 1. The van der Waals surface area contributed by atoms with Crippen molar-refractivity contribution >= 4 is 34.9 Å². The molecule has 9 heteroatoms. The third kappa shape index (κ3) is 3.64. The van der Waals surface area contributed by atoms with Gasteiger partial charge in [0.1, 0.15) is 10.7 Å². The minimum atomic E-state index is -0.601. The molecule has 25 heavy (non-hydrogen) atoms. The quantitative estimate of drug-likeness (QED) is 0.818. The average molecular weight is 383 g/mol. The van der Waals surface area contributed by atoms with Crippen LogP contribution in [-0.4, -0.2) is 57.4 Å². The van der Waals surface area contributed by atoms with Crippen molar-refractivity contribution in [2.75, 3.05) is 26.2 Å². The molecule has 0 bridgehead atoms. The molecule has 1 fully saturated rings. The van der Waals surface area contributed by atoms with E-state index in [4.69, 9.17) is 11.6 Å². The Bertz CT molecular complexity index is 805. The van der Waals surface area contributed by atoms with E-state index < -0.39 is 11.7 Å². The molecule has 0 atom stereocenters. The fraction of sp³-hybridized carbons (Fsp3) is 0.375. The van der Waals surface area contributed by atoms with Crippen molar-refractivity contribution in [2.45, 2.75) is 13.3 Å². The molecule has 3 rings (SSSR count). The number of nitrogens with zero attached hydrogens (tertiary/aromatic N) is 4. The Labute approximate surface area is 153 Å². The van der Waals surface area contributed by atoms with Crippen molar-refractivity contribution in [1.82, 2.24) is 19.4 Å². The lowest BCUT2D eigenvalue weighted by Crippen LogP contribution is -2.50. The highest BCUT2D eigenvalue weighted by molar-refractivity contribution is 7.08. The van der Waals surface area contributed by atoms with Gasteiger partial charge in [0, 0.05) is 31.2 Å². The van der Waals surface area contributed by atoms with Gasteiger partial charge in [-0.3, -0.25) is 9.59 Å². The van der Waals surface area contributed by atoms with Crippen LogP contribution in [-0.2, 0) is 6.42 Å². The number of aryl methyl sites for hydroxylation is 1. The molecule has 2 aromatic rings. The minimum absolute atomic E-state index is 0.0489. The molecule has 1 aromatic heterocycles. The van der Waals surface area contributed by atoms with Gasteiger partial charge in [-0.05, 0) is 36.2 Å². The summed E-state index contributed by atoms with van der Waals surface area (Å²) >= 11 is 6.94. The summed E-state index contributed by atoms with van der Waals surface area (Å²) in [6, 6.07) is 3.91. The summed E-state index contributed by atoms with van der Waals surface area (Å²) in [5.41, 5.74) is 0.640. The first-order valence-electron chi connectivity index (χ1n) is 7.86. The van der Waals surface area contributed by atoms with Crippen LogP contribution in [0.5, 0.6) is 0 Å². The average Bonchev–Trinajstić information content (AvgIpc) is 3.11. The van der Waals surface area contributed by atoms with E-state index in [1.54, 1.807) is 4.90 Å². The van der Waals surface area contributed by atoms with E-state index in [9.17, 15) is 14.0 Å². The fourth-order valence-electron chi connectivity index (χ4n) is 2.69. The van der Waals surface area contributed by atoms with Crippen LogP contribution in [0.15, 0.2) is 18.2 Å². The fourth-order valence-corrected chi connectivity index (χ4v) is 3.58. The number of carbonyl (C=O) groups excluding carboxylic acids is 2. The first-order chi connectivity index (χ1) is 12.0. The van der Waals surface area contributed by atoms with Crippen molar-refractivity contribution in [3.63, 3.8) is 0 Å². The molecule has 132 valence electrons. The number of amides is 2. The summed E-state index contributed by atoms with van der Waals surface area (Å²) in [5, 5.41) is 4.26. The minimum Gasteiger partial charge on any atom is -0.335 e. The van der Waals surface area contributed by atoms with Crippen LogP contribution >= 0.6 is 23.1 Å². The number of carbonyl (C=O) groups is 2. The van der Waals surface area contributed by atoms with Crippen molar-refractivity contribution in [2.24, 2.45) is 0 Å². The van der Waals surface area contributed by atoms with Crippen LogP contribution in [0.3, 0.4) is 0 Å². The molecule has 1 saturated heterocycles. The molecule has 1 aromatic carbocycles. The second kappa shape index (κ2) is 7.45. The molecule has 1 aliphatic heterocycles. The van der Waals surface area contributed by atoms with E-state index in [0.29, 0.717) is 48.2 Å². The van der Waals surface area contributed by atoms with E-state index in [-0.39, 0.29) is 11.5 Å². The molecule has 2 amide bonds. The lowest BCUT2D eigenvalue weighted by atomic mass is 10.1. The highest BCUT2D eigenvalue weighted by atomic mass is 35.5. The van der Waals surface area contributed by atoms with Gasteiger partial charge < -0.3 is 9.80 Å². The lowest BCUT2D eigenvalue weighted by Gasteiger charge is -2.34. The monoisotopic (exact) mass is 382 g/mol. The summed E-state index contributed by atoms with van der Waals surface area (Å²) < 4.78 is 17.7. The number of aromatic nitrogens is 2. The largest absolute Gasteiger partial charge is 0.335 e. The summed E-state index contributed by atoms with van der Waals surface area (Å²) in [4.78, 5) is 28.8. The maximum atomic E-state index is 13.9. The molecule has 0 aliphatic carbocycles. The van der Waals surface area contributed by atoms with Crippen LogP contribution in [0, 0.1) is 5.82 Å². The van der Waals surface area contributed by atoms with Gasteiger partial charge in [0.15, 0.2) is 0 Å². The van der Waals surface area contributed by atoms with Crippen molar-refractivity contribution in [3.8, 4) is 0 Å². The summed E-state index contributed by atoms with van der Waals surface area (Å²) in [6.07, 6.45) is 0.643. The van der Waals surface area contributed by atoms with Gasteiger partial charge in [-0.2, -0.15) is 0 Å². The van der Waals surface area contributed by atoms with Crippen molar-refractivity contribution < 1.29 is 14.0 Å². The van der Waals surface area contributed by atoms with Gasteiger partial charge in [0.05, 0.1) is 11.3 Å². The third-order valence-corrected chi connectivity index (χ3v) is 5.09. The Morgan fingerprint density at radius 2 is 1.84 bits per heavy atom. The van der Waals surface area contributed by atoms with Crippen molar-refractivity contribution in [3.05, 3.63) is 45.2 Å². The number of hydrogen-bond acceptors (Lipinski definition) is 5. The predicted octanol–water partition coefficient (Wildman–Crippen LogP) is 2.49. The van der Waals surface area contributed by atoms with E-state index >= 15 is 0 Å². The normalized spacial score (nSPS) is 14.7. The lowest BCUT2D eigenvalue weighted by molar-refractivity contribution is 0.0534. The zero-order chi connectivity index (χ0) is 18.0. The van der Waals surface area contributed by atoms with Gasteiger partial charge in [-0.15, -0.1) is 5.10 Å². The number of halogens is 2. The Morgan fingerprint density at radius 3 is 2.48 bits per heavy atom. The maximum Gasteiger partial charge on any atom is 0.267 e. The molecule has 0 unspecified atom stereocenters. The van der Waals surface area contributed by atoms with E-state index in [1.807, 2.05) is 6.92 Å². The first kappa shape index (κ1) is 17.8. The number of rotatable bonds is 3. The third-order valence-electron chi connectivity index (χ3n) is 4.10. The Balaban J connectivity index is 1.66. The van der Waals surface area contributed by atoms with Crippen LogP contribution in [0.4, 0.5) is 4.39 Å². The van der Waals surface area contributed by atoms with Gasteiger partial charge >= 0.3 is 0 Å². The Hall–Kier alpha value is -2.06. The smallest absolute Gasteiger partial charge is 0.267 e. The van der Waals surface area contributed by atoms with E-state index in [1.165, 1.54) is 23.1 Å². The molecule has 0 saturated carbocycles. The van der Waals surface area contributed by atoms with Crippen LogP contribution < -0.4 is 0 Å².